The molecule has 4 rings (SSSR count). The second kappa shape index (κ2) is 9.87. The molecule has 8 nitrogen and oxygen atoms in total. The SMILES string of the molecule is CCCc1nn(C)c2c(=O)[nH]c(-c3cc(SN4CC(C)N(C)C(C)C4)ccc3OCC)nc12. The van der Waals surface area contributed by atoms with E-state index in [2.05, 4.69) is 59.2 Å². The third-order valence-electron chi connectivity index (χ3n) is 6.32. The van der Waals surface area contributed by atoms with Crippen LogP contribution in [0.3, 0.4) is 0 Å². The summed E-state index contributed by atoms with van der Waals surface area (Å²) in [5.41, 5.74) is 2.63. The predicted octanol–water partition coefficient (Wildman–Crippen LogP) is 3.71. The molecule has 1 saturated heterocycles. The topological polar surface area (TPSA) is 79.3 Å². The first-order chi connectivity index (χ1) is 15.8. The Morgan fingerprint density at radius 3 is 2.58 bits per heavy atom. The van der Waals surface area contributed by atoms with E-state index in [0.29, 0.717) is 41.3 Å². The fraction of sp³-hybridized carbons (Fsp3) is 0.542. The summed E-state index contributed by atoms with van der Waals surface area (Å²) in [5.74, 6) is 1.23. The Hall–Kier alpha value is -2.36. The fourth-order valence-electron chi connectivity index (χ4n) is 4.39. The van der Waals surface area contributed by atoms with Crippen molar-refractivity contribution < 1.29 is 4.74 Å². The highest BCUT2D eigenvalue weighted by Gasteiger charge is 2.27. The van der Waals surface area contributed by atoms with Crippen molar-refractivity contribution in [1.82, 2.24) is 29.0 Å². The third-order valence-corrected chi connectivity index (χ3v) is 7.34. The summed E-state index contributed by atoms with van der Waals surface area (Å²) in [6.07, 6.45) is 1.72. The molecule has 3 aromatic rings. The van der Waals surface area contributed by atoms with E-state index in [1.165, 1.54) is 0 Å². The minimum absolute atomic E-state index is 0.186. The Morgan fingerprint density at radius 2 is 1.91 bits per heavy atom. The van der Waals surface area contributed by atoms with E-state index in [9.17, 15) is 4.79 Å². The number of piperazine rings is 1. The smallest absolute Gasteiger partial charge is 0.277 e. The number of H-pyrrole nitrogens is 1. The summed E-state index contributed by atoms with van der Waals surface area (Å²) in [4.78, 5) is 24.3. The summed E-state index contributed by atoms with van der Waals surface area (Å²) in [6, 6.07) is 7.11. The number of rotatable bonds is 7. The lowest BCUT2D eigenvalue weighted by Crippen LogP contribution is -2.52. The summed E-state index contributed by atoms with van der Waals surface area (Å²) in [6.45, 7) is 11.1. The van der Waals surface area contributed by atoms with Crippen LogP contribution in [-0.2, 0) is 13.5 Å². The number of benzene rings is 1. The number of hydrogen-bond donors (Lipinski definition) is 1. The van der Waals surface area contributed by atoms with Crippen molar-refractivity contribution in [2.24, 2.45) is 7.05 Å². The predicted molar refractivity (Wildman–Crippen MR) is 134 cm³/mol. The van der Waals surface area contributed by atoms with Gasteiger partial charge in [0, 0.05) is 37.1 Å². The van der Waals surface area contributed by atoms with Gasteiger partial charge in [0.2, 0.25) is 0 Å². The van der Waals surface area contributed by atoms with Gasteiger partial charge < -0.3 is 9.72 Å². The van der Waals surface area contributed by atoms with Crippen molar-refractivity contribution >= 4 is 23.0 Å². The number of aromatic nitrogens is 4. The molecule has 2 atom stereocenters. The normalized spacial score (nSPS) is 19.9. The maximum atomic E-state index is 13.0. The first kappa shape index (κ1) is 23.8. The highest BCUT2D eigenvalue weighted by atomic mass is 32.2. The van der Waals surface area contributed by atoms with E-state index in [0.717, 1.165) is 42.1 Å². The number of ether oxygens (including phenoxy) is 1. The van der Waals surface area contributed by atoms with Crippen molar-refractivity contribution in [2.75, 3.05) is 26.7 Å². The number of aromatic amines is 1. The van der Waals surface area contributed by atoms with Crippen LogP contribution in [-0.4, -0.2) is 67.8 Å². The van der Waals surface area contributed by atoms with E-state index < -0.39 is 0 Å². The number of fused-ring (bicyclic) bond motifs is 1. The van der Waals surface area contributed by atoms with Gasteiger partial charge in [-0.1, -0.05) is 13.3 Å². The number of nitrogens with zero attached hydrogens (tertiary/aromatic N) is 5. The van der Waals surface area contributed by atoms with Crippen molar-refractivity contribution in [1.29, 1.82) is 0 Å². The van der Waals surface area contributed by atoms with Crippen LogP contribution in [0.2, 0.25) is 0 Å². The molecule has 9 heteroatoms. The lowest BCUT2D eigenvalue weighted by Gasteiger charge is -2.41. The van der Waals surface area contributed by atoms with E-state index in [1.807, 2.05) is 13.0 Å². The maximum Gasteiger partial charge on any atom is 0.277 e. The Morgan fingerprint density at radius 1 is 1.18 bits per heavy atom. The fourth-order valence-corrected chi connectivity index (χ4v) is 5.57. The lowest BCUT2D eigenvalue weighted by atomic mass is 10.1. The van der Waals surface area contributed by atoms with Crippen molar-refractivity contribution in [3.63, 3.8) is 0 Å². The molecule has 1 aromatic carbocycles. The van der Waals surface area contributed by atoms with Gasteiger partial charge in [0.1, 0.15) is 17.1 Å². The van der Waals surface area contributed by atoms with Crippen LogP contribution in [0, 0.1) is 0 Å². The van der Waals surface area contributed by atoms with Crippen LogP contribution in [0.25, 0.3) is 22.4 Å². The van der Waals surface area contributed by atoms with Crippen LogP contribution >= 0.6 is 11.9 Å². The Labute approximate surface area is 199 Å². The van der Waals surface area contributed by atoms with Crippen molar-refractivity contribution in [3.05, 3.63) is 34.2 Å². The zero-order valence-corrected chi connectivity index (χ0v) is 21.2. The molecule has 0 radical (unpaired) electrons. The van der Waals surface area contributed by atoms with E-state index in [-0.39, 0.29) is 5.56 Å². The highest BCUT2D eigenvalue weighted by Crippen LogP contribution is 2.35. The van der Waals surface area contributed by atoms with Crippen molar-refractivity contribution in [3.8, 4) is 17.1 Å². The zero-order chi connectivity index (χ0) is 23.7. The zero-order valence-electron chi connectivity index (χ0n) is 20.4. The van der Waals surface area contributed by atoms with E-state index in [4.69, 9.17) is 9.72 Å². The van der Waals surface area contributed by atoms with Crippen LogP contribution < -0.4 is 10.3 Å². The number of likely N-dealkylation sites (N-methyl/N-ethyl adjacent to an activating group) is 1. The van der Waals surface area contributed by atoms with Gasteiger partial charge in [-0.05, 0) is 64.4 Å². The molecule has 2 unspecified atom stereocenters. The van der Waals surface area contributed by atoms with Gasteiger partial charge in [0.15, 0.2) is 5.52 Å². The number of nitrogens with one attached hydrogen (secondary N) is 1. The summed E-state index contributed by atoms with van der Waals surface area (Å²) >= 11 is 1.75. The van der Waals surface area contributed by atoms with Gasteiger partial charge in [0.25, 0.3) is 5.56 Å². The standard InChI is InChI=1S/C24H34N6O2S/c1-7-9-19-21-22(29(6)27-19)24(31)26-23(25-21)18-12-17(10-11-20(18)32-8-2)33-30-13-15(3)28(5)16(4)14-30/h10-12,15-16H,7-9,13-14H2,1-6H3,(H,25,26,31). The highest BCUT2D eigenvalue weighted by molar-refractivity contribution is 7.97. The molecular formula is C24H34N6O2S. The molecule has 3 heterocycles. The average Bonchev–Trinajstić information content (AvgIpc) is 3.09. The molecule has 0 saturated carbocycles. The second-order valence-electron chi connectivity index (χ2n) is 8.82. The van der Waals surface area contributed by atoms with E-state index >= 15 is 0 Å². The van der Waals surface area contributed by atoms with Crippen LogP contribution in [0.15, 0.2) is 27.9 Å². The summed E-state index contributed by atoms with van der Waals surface area (Å²) in [5, 5.41) is 4.54. The molecule has 178 valence electrons. The molecule has 0 bridgehead atoms. The first-order valence-electron chi connectivity index (χ1n) is 11.7. The van der Waals surface area contributed by atoms with Gasteiger partial charge >= 0.3 is 0 Å². The van der Waals surface area contributed by atoms with Gasteiger partial charge in [-0.15, -0.1) is 0 Å². The molecule has 2 aromatic heterocycles. The lowest BCUT2D eigenvalue weighted by molar-refractivity contribution is 0.111. The molecule has 0 aliphatic carbocycles. The number of aryl methyl sites for hydroxylation is 2. The largest absolute Gasteiger partial charge is 0.493 e. The minimum Gasteiger partial charge on any atom is -0.493 e. The second-order valence-corrected chi connectivity index (χ2v) is 10.00. The molecule has 1 N–H and O–H groups in total. The van der Waals surface area contributed by atoms with E-state index in [1.54, 1.807) is 23.7 Å². The molecular weight excluding hydrogens is 436 g/mol. The molecule has 0 amide bonds. The van der Waals surface area contributed by atoms with Gasteiger partial charge in [0.05, 0.1) is 17.9 Å². The van der Waals surface area contributed by atoms with Gasteiger partial charge in [-0.25, -0.2) is 9.29 Å². The quantitative estimate of drug-likeness (QED) is 0.528. The first-order valence-corrected chi connectivity index (χ1v) is 12.5. The summed E-state index contributed by atoms with van der Waals surface area (Å²) in [7, 11) is 3.98. The number of hydrogen-bond acceptors (Lipinski definition) is 7. The third kappa shape index (κ3) is 4.81. The van der Waals surface area contributed by atoms with Gasteiger partial charge in [-0.3, -0.25) is 14.4 Å². The van der Waals surface area contributed by atoms with Crippen molar-refractivity contribution in [2.45, 2.75) is 57.5 Å². The Kier molecular flexibility index (Phi) is 7.11. The van der Waals surface area contributed by atoms with Crippen LogP contribution in [0.5, 0.6) is 5.75 Å². The molecule has 1 aliphatic heterocycles. The molecule has 1 aliphatic rings. The van der Waals surface area contributed by atoms with Crippen LogP contribution in [0.4, 0.5) is 0 Å². The molecule has 0 spiro atoms. The summed E-state index contributed by atoms with van der Waals surface area (Å²) < 4.78 is 9.94. The van der Waals surface area contributed by atoms with Gasteiger partial charge in [-0.2, -0.15) is 5.10 Å². The monoisotopic (exact) mass is 470 g/mol. The molecule has 33 heavy (non-hydrogen) atoms. The molecule has 1 fully saturated rings. The van der Waals surface area contributed by atoms with Crippen LogP contribution in [0.1, 0.15) is 39.8 Å². The average molecular weight is 471 g/mol. The maximum absolute atomic E-state index is 13.0. The minimum atomic E-state index is -0.186. The Bertz CT molecular complexity index is 1180. The Balaban J connectivity index is 1.74.